The first-order valence-electron chi connectivity index (χ1n) is 7.06. The molecular weight excluding hydrogens is 282 g/mol. The van der Waals surface area contributed by atoms with Crippen molar-refractivity contribution in [1.82, 2.24) is 5.32 Å². The van der Waals surface area contributed by atoms with Crippen LogP contribution in [0.5, 0.6) is 0 Å². The largest absolute Gasteiger partial charge is 0.349 e. The smallest absolute Gasteiger partial charge is 0.224 e. The molecular formula is C18H20ClNO. The third-order valence-corrected chi connectivity index (χ3v) is 3.77. The second-order valence-electron chi connectivity index (χ2n) is 5.46. The molecule has 0 saturated heterocycles. The SMILES string of the molecule is Cc1ccc(C)c([C@@H](C)NC(=O)Cc2cccc(Cl)c2)c1. The molecule has 1 atom stereocenters. The number of hydrogen-bond acceptors (Lipinski definition) is 1. The lowest BCUT2D eigenvalue weighted by molar-refractivity contribution is -0.121. The maximum atomic E-state index is 12.1. The molecule has 0 fully saturated rings. The van der Waals surface area contributed by atoms with Gasteiger partial charge in [0.2, 0.25) is 5.91 Å². The zero-order valence-corrected chi connectivity index (χ0v) is 13.4. The van der Waals surface area contributed by atoms with Crippen molar-refractivity contribution in [3.63, 3.8) is 0 Å². The van der Waals surface area contributed by atoms with Crippen molar-refractivity contribution >= 4 is 17.5 Å². The Morgan fingerprint density at radius 2 is 1.95 bits per heavy atom. The minimum Gasteiger partial charge on any atom is -0.349 e. The topological polar surface area (TPSA) is 29.1 Å². The highest BCUT2D eigenvalue weighted by atomic mass is 35.5. The normalized spacial score (nSPS) is 12.0. The Labute approximate surface area is 131 Å². The summed E-state index contributed by atoms with van der Waals surface area (Å²) in [7, 11) is 0. The summed E-state index contributed by atoms with van der Waals surface area (Å²) >= 11 is 5.94. The second-order valence-corrected chi connectivity index (χ2v) is 5.89. The molecule has 0 aliphatic carbocycles. The number of hydrogen-bond donors (Lipinski definition) is 1. The molecule has 2 rings (SSSR count). The summed E-state index contributed by atoms with van der Waals surface area (Å²) in [5, 5.41) is 3.71. The van der Waals surface area contributed by atoms with Gasteiger partial charge in [-0.15, -0.1) is 0 Å². The summed E-state index contributed by atoms with van der Waals surface area (Å²) in [5.41, 5.74) is 4.48. The van der Waals surface area contributed by atoms with Crippen LogP contribution in [0, 0.1) is 13.8 Å². The van der Waals surface area contributed by atoms with E-state index in [1.165, 1.54) is 11.1 Å². The predicted octanol–water partition coefficient (Wildman–Crippen LogP) is 4.38. The lowest BCUT2D eigenvalue weighted by Gasteiger charge is -2.17. The fourth-order valence-electron chi connectivity index (χ4n) is 2.43. The maximum absolute atomic E-state index is 12.1. The molecule has 2 aromatic carbocycles. The number of nitrogens with one attached hydrogen (secondary N) is 1. The van der Waals surface area contributed by atoms with E-state index in [9.17, 15) is 4.79 Å². The van der Waals surface area contributed by atoms with Crippen LogP contribution in [0.25, 0.3) is 0 Å². The van der Waals surface area contributed by atoms with Crippen LogP contribution in [-0.4, -0.2) is 5.91 Å². The number of carbonyl (C=O) groups is 1. The molecule has 2 aromatic rings. The van der Waals surface area contributed by atoms with Gasteiger partial charge in [0.15, 0.2) is 0 Å². The zero-order valence-electron chi connectivity index (χ0n) is 12.6. The van der Waals surface area contributed by atoms with E-state index in [0.717, 1.165) is 11.1 Å². The minimum atomic E-state index is -0.00316. The van der Waals surface area contributed by atoms with Gasteiger partial charge in [0.1, 0.15) is 0 Å². The Bertz CT molecular complexity index is 651. The molecule has 0 aliphatic rings. The third-order valence-electron chi connectivity index (χ3n) is 3.53. The molecule has 0 aromatic heterocycles. The summed E-state index contributed by atoms with van der Waals surface area (Å²) in [6.45, 7) is 6.13. The van der Waals surface area contributed by atoms with Crippen molar-refractivity contribution in [2.24, 2.45) is 0 Å². The van der Waals surface area contributed by atoms with E-state index in [4.69, 9.17) is 11.6 Å². The molecule has 0 saturated carbocycles. The molecule has 0 spiro atoms. The van der Waals surface area contributed by atoms with Crippen molar-refractivity contribution in [2.45, 2.75) is 33.2 Å². The molecule has 0 bridgehead atoms. The van der Waals surface area contributed by atoms with E-state index in [-0.39, 0.29) is 11.9 Å². The first kappa shape index (κ1) is 15.6. The first-order valence-corrected chi connectivity index (χ1v) is 7.44. The standard InChI is InChI=1S/C18H20ClNO/c1-12-7-8-13(2)17(9-12)14(3)20-18(21)11-15-5-4-6-16(19)10-15/h4-10,14H,11H2,1-3H3,(H,20,21)/t14-/m1/s1. The summed E-state index contributed by atoms with van der Waals surface area (Å²) in [5.74, 6) is 0.00525. The van der Waals surface area contributed by atoms with Crippen LogP contribution < -0.4 is 5.32 Å². The molecule has 0 unspecified atom stereocenters. The summed E-state index contributed by atoms with van der Waals surface area (Å²) in [4.78, 5) is 12.1. The average molecular weight is 302 g/mol. The van der Waals surface area contributed by atoms with E-state index < -0.39 is 0 Å². The highest BCUT2D eigenvalue weighted by molar-refractivity contribution is 6.30. The third kappa shape index (κ3) is 4.33. The molecule has 2 nitrogen and oxygen atoms in total. The number of aryl methyl sites for hydroxylation is 2. The molecule has 21 heavy (non-hydrogen) atoms. The van der Waals surface area contributed by atoms with Gasteiger partial charge in [0.05, 0.1) is 12.5 Å². The lowest BCUT2D eigenvalue weighted by Crippen LogP contribution is -2.28. The molecule has 0 radical (unpaired) electrons. The highest BCUT2D eigenvalue weighted by Crippen LogP contribution is 2.19. The number of amides is 1. The number of benzene rings is 2. The van der Waals surface area contributed by atoms with Gasteiger partial charge >= 0.3 is 0 Å². The zero-order chi connectivity index (χ0) is 15.4. The van der Waals surface area contributed by atoms with Gasteiger partial charge in [0, 0.05) is 5.02 Å². The van der Waals surface area contributed by atoms with Gasteiger partial charge in [-0.1, -0.05) is 47.5 Å². The predicted molar refractivity (Wildman–Crippen MR) is 87.6 cm³/mol. The quantitative estimate of drug-likeness (QED) is 0.892. The van der Waals surface area contributed by atoms with Crippen LogP contribution in [0.15, 0.2) is 42.5 Å². The van der Waals surface area contributed by atoms with Gasteiger partial charge in [-0.05, 0) is 49.6 Å². The van der Waals surface area contributed by atoms with Crippen LogP contribution in [0.3, 0.4) is 0 Å². The minimum absolute atomic E-state index is 0.00316. The van der Waals surface area contributed by atoms with E-state index in [2.05, 4.69) is 37.4 Å². The monoisotopic (exact) mass is 301 g/mol. The van der Waals surface area contributed by atoms with E-state index >= 15 is 0 Å². The van der Waals surface area contributed by atoms with Crippen LogP contribution in [0.1, 0.15) is 35.2 Å². The van der Waals surface area contributed by atoms with E-state index in [1.807, 2.05) is 31.2 Å². The Morgan fingerprint density at radius 1 is 1.19 bits per heavy atom. The van der Waals surface area contributed by atoms with Gasteiger partial charge in [0.25, 0.3) is 0 Å². The summed E-state index contributed by atoms with van der Waals surface area (Å²) in [6.07, 6.45) is 0.343. The lowest BCUT2D eigenvalue weighted by atomic mass is 10.00. The molecule has 1 N–H and O–H groups in total. The fourth-order valence-corrected chi connectivity index (χ4v) is 2.64. The van der Waals surface area contributed by atoms with Crippen molar-refractivity contribution in [3.05, 3.63) is 69.7 Å². The fraction of sp³-hybridized carbons (Fsp3) is 0.278. The Balaban J connectivity index is 2.03. The van der Waals surface area contributed by atoms with Crippen LogP contribution >= 0.6 is 11.6 Å². The molecule has 1 amide bonds. The first-order chi connectivity index (χ1) is 9.95. The average Bonchev–Trinajstić information content (AvgIpc) is 2.41. The van der Waals surface area contributed by atoms with Crippen molar-refractivity contribution < 1.29 is 4.79 Å². The molecule has 3 heteroatoms. The van der Waals surface area contributed by atoms with E-state index in [0.29, 0.717) is 11.4 Å². The van der Waals surface area contributed by atoms with Crippen molar-refractivity contribution in [2.75, 3.05) is 0 Å². The second kappa shape index (κ2) is 6.77. The van der Waals surface area contributed by atoms with Crippen molar-refractivity contribution in [3.8, 4) is 0 Å². The summed E-state index contributed by atoms with van der Waals surface area (Å²) in [6, 6.07) is 13.7. The van der Waals surface area contributed by atoms with Crippen LogP contribution in [0.4, 0.5) is 0 Å². The Morgan fingerprint density at radius 3 is 2.67 bits per heavy atom. The van der Waals surface area contributed by atoms with Crippen LogP contribution in [0.2, 0.25) is 5.02 Å². The summed E-state index contributed by atoms with van der Waals surface area (Å²) < 4.78 is 0. The van der Waals surface area contributed by atoms with Crippen molar-refractivity contribution in [1.29, 1.82) is 0 Å². The Hall–Kier alpha value is -1.80. The molecule has 110 valence electrons. The van der Waals surface area contributed by atoms with Crippen LogP contribution in [-0.2, 0) is 11.2 Å². The Kier molecular flexibility index (Phi) is 5.03. The molecule has 0 heterocycles. The number of carbonyl (C=O) groups excluding carboxylic acids is 1. The number of halogens is 1. The molecule has 0 aliphatic heterocycles. The van der Waals surface area contributed by atoms with Gasteiger partial charge in [-0.3, -0.25) is 4.79 Å². The van der Waals surface area contributed by atoms with Gasteiger partial charge < -0.3 is 5.32 Å². The maximum Gasteiger partial charge on any atom is 0.224 e. The van der Waals surface area contributed by atoms with Gasteiger partial charge in [-0.25, -0.2) is 0 Å². The van der Waals surface area contributed by atoms with Gasteiger partial charge in [-0.2, -0.15) is 0 Å². The van der Waals surface area contributed by atoms with E-state index in [1.54, 1.807) is 0 Å². The number of rotatable bonds is 4. The highest BCUT2D eigenvalue weighted by Gasteiger charge is 2.12.